The SMILES string of the molecule is Cc1nc(-c2ccccc2Cl)sc1CNC(=O)/C=C/c1cccnc1. The van der Waals surface area contributed by atoms with E-state index in [0.717, 1.165) is 26.7 Å². The number of amides is 1. The second-order valence-electron chi connectivity index (χ2n) is 5.34. The molecule has 1 N–H and O–H groups in total. The predicted molar refractivity (Wildman–Crippen MR) is 102 cm³/mol. The van der Waals surface area contributed by atoms with Gasteiger partial charge in [0.15, 0.2) is 0 Å². The normalized spacial score (nSPS) is 11.0. The summed E-state index contributed by atoms with van der Waals surface area (Å²) < 4.78 is 0. The largest absolute Gasteiger partial charge is 0.348 e. The van der Waals surface area contributed by atoms with Crippen molar-refractivity contribution >= 4 is 34.9 Å². The molecule has 0 atom stereocenters. The van der Waals surface area contributed by atoms with Gasteiger partial charge in [-0.15, -0.1) is 11.3 Å². The maximum absolute atomic E-state index is 12.0. The predicted octanol–water partition coefficient (Wildman–Crippen LogP) is 4.50. The van der Waals surface area contributed by atoms with Gasteiger partial charge < -0.3 is 5.32 Å². The number of benzene rings is 1. The Morgan fingerprint density at radius 2 is 2.12 bits per heavy atom. The number of carbonyl (C=O) groups excluding carboxylic acids is 1. The lowest BCUT2D eigenvalue weighted by Gasteiger charge is -2.00. The molecular weight excluding hydrogens is 354 g/mol. The zero-order valence-electron chi connectivity index (χ0n) is 13.6. The zero-order chi connectivity index (χ0) is 17.6. The van der Waals surface area contributed by atoms with E-state index >= 15 is 0 Å². The van der Waals surface area contributed by atoms with Crippen LogP contribution in [-0.4, -0.2) is 15.9 Å². The van der Waals surface area contributed by atoms with Gasteiger partial charge in [-0.2, -0.15) is 0 Å². The van der Waals surface area contributed by atoms with Gasteiger partial charge in [0.2, 0.25) is 5.91 Å². The van der Waals surface area contributed by atoms with Crippen molar-refractivity contribution in [3.8, 4) is 10.6 Å². The fourth-order valence-corrected chi connectivity index (χ4v) is 3.54. The average molecular weight is 370 g/mol. The van der Waals surface area contributed by atoms with Crippen molar-refractivity contribution in [3.63, 3.8) is 0 Å². The summed E-state index contributed by atoms with van der Waals surface area (Å²) in [7, 11) is 0. The summed E-state index contributed by atoms with van der Waals surface area (Å²) in [6, 6.07) is 11.3. The number of carbonyl (C=O) groups is 1. The van der Waals surface area contributed by atoms with Gasteiger partial charge in [0.05, 0.1) is 17.3 Å². The number of hydrogen-bond donors (Lipinski definition) is 1. The summed E-state index contributed by atoms with van der Waals surface area (Å²) in [5.74, 6) is -0.157. The summed E-state index contributed by atoms with van der Waals surface area (Å²) in [4.78, 5) is 21.6. The molecule has 0 radical (unpaired) electrons. The topological polar surface area (TPSA) is 54.9 Å². The third-order valence-electron chi connectivity index (χ3n) is 3.53. The number of aryl methyl sites for hydroxylation is 1. The molecule has 1 amide bonds. The maximum atomic E-state index is 12.0. The summed E-state index contributed by atoms with van der Waals surface area (Å²) in [6.45, 7) is 2.37. The molecule has 4 nitrogen and oxygen atoms in total. The van der Waals surface area contributed by atoms with Crippen molar-refractivity contribution in [1.82, 2.24) is 15.3 Å². The third-order valence-corrected chi connectivity index (χ3v) is 5.05. The van der Waals surface area contributed by atoms with Crippen LogP contribution in [0.4, 0.5) is 0 Å². The monoisotopic (exact) mass is 369 g/mol. The molecule has 3 rings (SSSR count). The van der Waals surface area contributed by atoms with Crippen molar-refractivity contribution in [2.75, 3.05) is 0 Å². The number of pyridine rings is 1. The van der Waals surface area contributed by atoms with E-state index in [4.69, 9.17) is 11.6 Å². The van der Waals surface area contributed by atoms with Crippen molar-refractivity contribution in [2.45, 2.75) is 13.5 Å². The lowest BCUT2D eigenvalue weighted by molar-refractivity contribution is -0.116. The smallest absolute Gasteiger partial charge is 0.244 e. The zero-order valence-corrected chi connectivity index (χ0v) is 15.1. The van der Waals surface area contributed by atoms with E-state index in [1.165, 1.54) is 17.4 Å². The Bertz CT molecular complexity index is 906. The van der Waals surface area contributed by atoms with Crippen LogP contribution >= 0.6 is 22.9 Å². The van der Waals surface area contributed by atoms with Crippen molar-refractivity contribution in [2.24, 2.45) is 0 Å². The van der Waals surface area contributed by atoms with Gasteiger partial charge in [-0.1, -0.05) is 35.9 Å². The van der Waals surface area contributed by atoms with Gasteiger partial charge in [-0.25, -0.2) is 4.98 Å². The second kappa shape index (κ2) is 8.05. The maximum Gasteiger partial charge on any atom is 0.244 e. The quantitative estimate of drug-likeness (QED) is 0.674. The molecule has 0 aliphatic rings. The van der Waals surface area contributed by atoms with Crippen LogP contribution in [0, 0.1) is 6.92 Å². The number of nitrogens with zero attached hydrogens (tertiary/aromatic N) is 2. The fourth-order valence-electron chi connectivity index (χ4n) is 2.21. The summed E-state index contributed by atoms with van der Waals surface area (Å²) in [5.41, 5.74) is 2.69. The first-order chi connectivity index (χ1) is 12.1. The molecular formula is C19H16ClN3OS. The molecule has 0 aliphatic heterocycles. The Kier molecular flexibility index (Phi) is 5.58. The molecule has 6 heteroatoms. The molecule has 1 aromatic carbocycles. The molecule has 2 aromatic heterocycles. The van der Waals surface area contributed by atoms with Gasteiger partial charge in [0, 0.05) is 28.9 Å². The van der Waals surface area contributed by atoms with Crippen molar-refractivity contribution in [1.29, 1.82) is 0 Å². The minimum atomic E-state index is -0.157. The molecule has 0 saturated carbocycles. The highest BCUT2D eigenvalue weighted by Gasteiger charge is 2.12. The Hall–Kier alpha value is -2.50. The molecule has 3 aromatic rings. The van der Waals surface area contributed by atoms with Crippen molar-refractivity contribution < 1.29 is 4.79 Å². The van der Waals surface area contributed by atoms with Crippen LogP contribution in [0.5, 0.6) is 0 Å². The van der Waals surface area contributed by atoms with Gasteiger partial charge in [-0.3, -0.25) is 9.78 Å². The number of halogens is 1. The van der Waals surface area contributed by atoms with E-state index in [-0.39, 0.29) is 5.91 Å². The molecule has 126 valence electrons. The van der Waals surface area contributed by atoms with Gasteiger partial charge in [-0.05, 0) is 30.7 Å². The lowest BCUT2D eigenvalue weighted by atomic mass is 10.2. The molecule has 0 saturated heterocycles. The molecule has 2 heterocycles. The molecule has 0 unspecified atom stereocenters. The van der Waals surface area contributed by atoms with Crippen LogP contribution in [0.3, 0.4) is 0 Å². The molecule has 0 aliphatic carbocycles. The highest BCUT2D eigenvalue weighted by molar-refractivity contribution is 7.15. The first-order valence-electron chi connectivity index (χ1n) is 7.70. The Morgan fingerprint density at radius 1 is 1.28 bits per heavy atom. The minimum absolute atomic E-state index is 0.157. The number of thiazole rings is 1. The first-order valence-corrected chi connectivity index (χ1v) is 8.90. The summed E-state index contributed by atoms with van der Waals surface area (Å²) in [6.07, 6.45) is 6.63. The van der Waals surface area contributed by atoms with Gasteiger partial charge in [0.25, 0.3) is 0 Å². The third kappa shape index (κ3) is 4.53. The van der Waals surface area contributed by atoms with E-state index in [9.17, 15) is 4.79 Å². The summed E-state index contributed by atoms with van der Waals surface area (Å²) >= 11 is 7.77. The fraction of sp³-hybridized carbons (Fsp3) is 0.105. The second-order valence-corrected chi connectivity index (χ2v) is 6.84. The number of hydrogen-bond acceptors (Lipinski definition) is 4. The Balaban J connectivity index is 1.65. The van der Waals surface area contributed by atoms with Crippen LogP contribution in [-0.2, 0) is 11.3 Å². The van der Waals surface area contributed by atoms with E-state index < -0.39 is 0 Å². The van der Waals surface area contributed by atoms with E-state index in [1.807, 2.05) is 43.3 Å². The molecule has 0 spiro atoms. The number of nitrogens with one attached hydrogen (secondary N) is 1. The molecule has 0 bridgehead atoms. The van der Waals surface area contributed by atoms with Crippen molar-refractivity contribution in [3.05, 3.63) is 76.0 Å². The Morgan fingerprint density at radius 3 is 2.88 bits per heavy atom. The molecule has 25 heavy (non-hydrogen) atoms. The van der Waals surface area contributed by atoms with Crippen LogP contribution in [0.15, 0.2) is 54.9 Å². The van der Waals surface area contributed by atoms with Crippen LogP contribution < -0.4 is 5.32 Å². The minimum Gasteiger partial charge on any atom is -0.348 e. The number of rotatable bonds is 5. The van der Waals surface area contributed by atoms with Gasteiger partial charge in [0.1, 0.15) is 5.01 Å². The van der Waals surface area contributed by atoms with E-state index in [2.05, 4.69) is 15.3 Å². The number of aromatic nitrogens is 2. The Labute approximate surface area is 155 Å². The van der Waals surface area contributed by atoms with Crippen LogP contribution in [0.2, 0.25) is 5.02 Å². The highest BCUT2D eigenvalue weighted by Crippen LogP contribution is 2.32. The van der Waals surface area contributed by atoms with E-state index in [0.29, 0.717) is 11.6 Å². The highest BCUT2D eigenvalue weighted by atomic mass is 35.5. The summed E-state index contributed by atoms with van der Waals surface area (Å²) in [5, 5.41) is 4.41. The lowest BCUT2D eigenvalue weighted by Crippen LogP contribution is -2.20. The molecule has 0 fully saturated rings. The first kappa shape index (κ1) is 17.3. The average Bonchev–Trinajstić information content (AvgIpc) is 3.00. The standard InChI is InChI=1S/C19H16ClN3OS/c1-13-17(25-19(23-13)15-6-2-3-7-16(15)20)12-22-18(24)9-8-14-5-4-10-21-11-14/h2-11H,12H2,1H3,(H,22,24)/b9-8+. The van der Waals surface area contributed by atoms with Crippen LogP contribution in [0.25, 0.3) is 16.6 Å². The van der Waals surface area contributed by atoms with E-state index in [1.54, 1.807) is 18.5 Å². The van der Waals surface area contributed by atoms with Gasteiger partial charge >= 0.3 is 0 Å². The van der Waals surface area contributed by atoms with Crippen LogP contribution in [0.1, 0.15) is 16.1 Å².